The molecule has 0 bridgehead atoms. The van der Waals surface area contributed by atoms with Crippen molar-refractivity contribution in [1.29, 1.82) is 0 Å². The highest BCUT2D eigenvalue weighted by Crippen LogP contribution is 2.29. The van der Waals surface area contributed by atoms with Gasteiger partial charge in [0.2, 0.25) is 0 Å². The van der Waals surface area contributed by atoms with Crippen LogP contribution in [-0.4, -0.2) is 33.2 Å². The summed E-state index contributed by atoms with van der Waals surface area (Å²) in [4.78, 5) is 12.9. The van der Waals surface area contributed by atoms with Gasteiger partial charge in [0.1, 0.15) is 12.4 Å². The average molecular weight is 369 g/mol. The Morgan fingerprint density at radius 2 is 1.85 bits per heavy atom. The molecule has 2 aromatic carbocycles. The number of carbonyl (C=O) groups is 1. The van der Waals surface area contributed by atoms with Crippen LogP contribution in [0, 0.1) is 5.82 Å². The van der Waals surface area contributed by atoms with Crippen LogP contribution in [0.4, 0.5) is 18.9 Å². The first kappa shape index (κ1) is 19.6. The third-order valence-electron chi connectivity index (χ3n) is 3.54. The van der Waals surface area contributed by atoms with Gasteiger partial charge in [0.15, 0.2) is 18.0 Å². The molecule has 1 atom stereocenters. The quantitative estimate of drug-likeness (QED) is 0.749. The summed E-state index contributed by atoms with van der Waals surface area (Å²) in [5.74, 6) is -0.443. The summed E-state index contributed by atoms with van der Waals surface area (Å²) < 4.78 is 47.0. The van der Waals surface area contributed by atoms with Crippen LogP contribution in [-0.2, 0) is 11.3 Å². The zero-order valence-corrected chi connectivity index (χ0v) is 14.4. The van der Waals surface area contributed by atoms with E-state index in [1.165, 1.54) is 37.4 Å². The van der Waals surface area contributed by atoms with E-state index in [1.54, 1.807) is 12.1 Å². The molecule has 1 amide bonds. The molecular formula is C18H20F3N2O3+. The number of benzene rings is 2. The fraction of sp³-hybridized carbons (Fsp3) is 0.278. The van der Waals surface area contributed by atoms with E-state index >= 15 is 0 Å². The van der Waals surface area contributed by atoms with E-state index in [0.29, 0.717) is 12.2 Å². The van der Waals surface area contributed by atoms with Gasteiger partial charge in [0.05, 0.1) is 14.2 Å². The van der Waals surface area contributed by atoms with Crippen molar-refractivity contribution in [3.05, 3.63) is 53.8 Å². The molecule has 1 unspecified atom stereocenters. The number of carbonyl (C=O) groups excluding carboxylic acids is 1. The van der Waals surface area contributed by atoms with Gasteiger partial charge < -0.3 is 19.7 Å². The van der Waals surface area contributed by atoms with Gasteiger partial charge in [-0.3, -0.25) is 4.79 Å². The molecule has 0 spiro atoms. The molecule has 0 aliphatic carbocycles. The van der Waals surface area contributed by atoms with Crippen molar-refractivity contribution < 1.29 is 32.3 Å². The number of amides is 1. The lowest BCUT2D eigenvalue weighted by Crippen LogP contribution is -3.08. The molecule has 2 rings (SSSR count). The fourth-order valence-corrected chi connectivity index (χ4v) is 2.44. The third-order valence-corrected chi connectivity index (χ3v) is 3.54. The minimum atomic E-state index is -2.93. The Balaban J connectivity index is 1.93. The van der Waals surface area contributed by atoms with Gasteiger partial charge in [-0.2, -0.15) is 8.78 Å². The smallest absolute Gasteiger partial charge is 0.387 e. The average Bonchev–Trinajstić information content (AvgIpc) is 2.57. The lowest BCUT2D eigenvalue weighted by molar-refractivity contribution is -0.885. The van der Waals surface area contributed by atoms with Crippen LogP contribution in [0.1, 0.15) is 5.56 Å². The van der Waals surface area contributed by atoms with Crippen molar-refractivity contribution in [2.75, 3.05) is 26.0 Å². The van der Waals surface area contributed by atoms with Crippen LogP contribution in [0.2, 0.25) is 0 Å². The van der Waals surface area contributed by atoms with Crippen LogP contribution in [0.15, 0.2) is 42.5 Å². The number of anilines is 1. The second kappa shape index (κ2) is 9.10. The largest absolute Gasteiger partial charge is 0.493 e. The normalized spacial score (nSPS) is 11.9. The highest BCUT2D eigenvalue weighted by atomic mass is 19.3. The summed E-state index contributed by atoms with van der Waals surface area (Å²) in [7, 11) is 3.18. The van der Waals surface area contributed by atoms with Crippen LogP contribution < -0.4 is 19.7 Å². The number of hydrogen-bond acceptors (Lipinski definition) is 3. The molecule has 0 saturated heterocycles. The first-order valence-electron chi connectivity index (χ1n) is 7.86. The molecule has 2 N–H and O–H groups in total. The Hall–Kier alpha value is -2.74. The molecule has 8 heteroatoms. The van der Waals surface area contributed by atoms with E-state index < -0.39 is 6.61 Å². The standard InChI is InChI=1S/C18H19F3N2O3/c1-23(11-17(24)22-14-6-4-13(19)5-7-14)10-12-3-8-15(26-18(20)21)16(9-12)25-2/h3-9,18H,10-11H2,1-2H3,(H,22,24)/p+1. The lowest BCUT2D eigenvalue weighted by Gasteiger charge is -2.16. The minimum absolute atomic E-state index is 0.0436. The Morgan fingerprint density at radius 3 is 2.46 bits per heavy atom. The summed E-state index contributed by atoms with van der Waals surface area (Å²) in [6.45, 7) is -2.28. The zero-order chi connectivity index (χ0) is 19.1. The van der Waals surface area contributed by atoms with E-state index in [4.69, 9.17) is 4.74 Å². The van der Waals surface area contributed by atoms with Gasteiger partial charge in [-0.15, -0.1) is 0 Å². The molecule has 0 saturated carbocycles. The third kappa shape index (κ3) is 5.96. The number of hydrogen-bond donors (Lipinski definition) is 2. The fourth-order valence-electron chi connectivity index (χ4n) is 2.44. The number of alkyl halides is 2. The SMILES string of the molecule is COc1cc(C[NH+](C)CC(=O)Nc2ccc(F)cc2)ccc1OC(F)F. The minimum Gasteiger partial charge on any atom is -0.493 e. The van der Waals surface area contributed by atoms with E-state index in [-0.39, 0.29) is 29.8 Å². The van der Waals surface area contributed by atoms with Gasteiger partial charge in [0, 0.05) is 11.3 Å². The van der Waals surface area contributed by atoms with Crippen molar-refractivity contribution in [3.8, 4) is 11.5 Å². The van der Waals surface area contributed by atoms with Crippen molar-refractivity contribution in [1.82, 2.24) is 0 Å². The Morgan fingerprint density at radius 1 is 1.15 bits per heavy atom. The molecule has 0 aromatic heterocycles. The maximum absolute atomic E-state index is 12.9. The molecule has 0 aliphatic heterocycles. The number of halogens is 3. The maximum Gasteiger partial charge on any atom is 0.387 e. The van der Waals surface area contributed by atoms with Crippen molar-refractivity contribution in [3.63, 3.8) is 0 Å². The van der Waals surface area contributed by atoms with Crippen LogP contribution >= 0.6 is 0 Å². The Bertz CT molecular complexity index is 739. The summed E-state index contributed by atoms with van der Waals surface area (Å²) in [6, 6.07) is 10.1. The van der Waals surface area contributed by atoms with Gasteiger partial charge >= 0.3 is 6.61 Å². The number of nitrogens with one attached hydrogen (secondary N) is 2. The summed E-state index contributed by atoms with van der Waals surface area (Å²) in [5, 5.41) is 2.68. The molecule has 26 heavy (non-hydrogen) atoms. The van der Waals surface area contributed by atoms with E-state index in [2.05, 4.69) is 10.1 Å². The highest BCUT2D eigenvalue weighted by molar-refractivity contribution is 5.91. The maximum atomic E-state index is 12.9. The van der Waals surface area contributed by atoms with Gasteiger partial charge in [-0.05, 0) is 42.5 Å². The molecule has 0 fully saturated rings. The monoisotopic (exact) mass is 369 g/mol. The first-order valence-corrected chi connectivity index (χ1v) is 7.86. The summed E-state index contributed by atoms with van der Waals surface area (Å²) in [6.07, 6.45) is 0. The predicted octanol–water partition coefficient (Wildman–Crippen LogP) is 2.09. The molecule has 0 radical (unpaired) electrons. The number of quaternary nitrogens is 1. The van der Waals surface area contributed by atoms with Crippen molar-refractivity contribution in [2.45, 2.75) is 13.2 Å². The molecule has 0 aliphatic rings. The van der Waals surface area contributed by atoms with Crippen molar-refractivity contribution >= 4 is 11.6 Å². The first-order chi connectivity index (χ1) is 12.4. The van der Waals surface area contributed by atoms with Gasteiger partial charge in [0.25, 0.3) is 5.91 Å². The number of ether oxygens (including phenoxy) is 2. The van der Waals surface area contributed by atoms with E-state index in [0.717, 1.165) is 10.5 Å². The second-order valence-electron chi connectivity index (χ2n) is 5.73. The van der Waals surface area contributed by atoms with Crippen LogP contribution in [0.3, 0.4) is 0 Å². The van der Waals surface area contributed by atoms with E-state index in [1.807, 2.05) is 7.05 Å². The molecular weight excluding hydrogens is 349 g/mol. The van der Waals surface area contributed by atoms with Crippen LogP contribution in [0.25, 0.3) is 0 Å². The van der Waals surface area contributed by atoms with Crippen molar-refractivity contribution in [2.24, 2.45) is 0 Å². The Labute approximate surface area is 149 Å². The van der Waals surface area contributed by atoms with Gasteiger partial charge in [-0.25, -0.2) is 4.39 Å². The molecule has 2 aromatic rings. The topological polar surface area (TPSA) is 52.0 Å². The molecule has 0 heterocycles. The second-order valence-corrected chi connectivity index (χ2v) is 5.73. The summed E-state index contributed by atoms with van der Waals surface area (Å²) >= 11 is 0. The van der Waals surface area contributed by atoms with Crippen LogP contribution in [0.5, 0.6) is 11.5 Å². The van der Waals surface area contributed by atoms with E-state index in [9.17, 15) is 18.0 Å². The molecule has 140 valence electrons. The number of methoxy groups -OCH3 is 1. The Kier molecular flexibility index (Phi) is 6.85. The lowest BCUT2D eigenvalue weighted by atomic mass is 10.2. The van der Waals surface area contributed by atoms with Gasteiger partial charge in [-0.1, -0.05) is 0 Å². The molecule has 5 nitrogen and oxygen atoms in total. The number of likely N-dealkylation sites (N-methyl/N-ethyl adjacent to an activating group) is 1. The highest BCUT2D eigenvalue weighted by Gasteiger charge is 2.15. The summed E-state index contributed by atoms with van der Waals surface area (Å²) in [5.41, 5.74) is 1.31. The predicted molar refractivity (Wildman–Crippen MR) is 90.1 cm³/mol. The zero-order valence-electron chi connectivity index (χ0n) is 14.4. The number of rotatable bonds is 8.